The van der Waals surface area contributed by atoms with Crippen molar-refractivity contribution in [1.82, 2.24) is 19.9 Å². The second-order valence-electron chi connectivity index (χ2n) is 7.81. The molecule has 1 aromatic carbocycles. The van der Waals surface area contributed by atoms with Crippen LogP contribution in [0.2, 0.25) is 0 Å². The van der Waals surface area contributed by atoms with Gasteiger partial charge in [0.2, 0.25) is 0 Å². The van der Waals surface area contributed by atoms with Gasteiger partial charge in [-0.05, 0) is 42.2 Å². The van der Waals surface area contributed by atoms with Crippen LogP contribution in [0, 0.1) is 0 Å². The van der Waals surface area contributed by atoms with Crippen molar-refractivity contribution < 1.29 is 0 Å². The summed E-state index contributed by atoms with van der Waals surface area (Å²) >= 11 is 0. The van der Waals surface area contributed by atoms with Gasteiger partial charge in [-0.15, -0.1) is 0 Å². The molecule has 128 valence electrons. The molecule has 25 heavy (non-hydrogen) atoms. The van der Waals surface area contributed by atoms with Crippen molar-refractivity contribution in [3.63, 3.8) is 0 Å². The van der Waals surface area contributed by atoms with Gasteiger partial charge in [0.15, 0.2) is 0 Å². The lowest BCUT2D eigenvalue weighted by molar-refractivity contribution is 0.265. The summed E-state index contributed by atoms with van der Waals surface area (Å²) in [4.78, 5) is 14.2. The van der Waals surface area contributed by atoms with Gasteiger partial charge in [0.25, 0.3) is 0 Å². The van der Waals surface area contributed by atoms with Gasteiger partial charge >= 0.3 is 0 Å². The van der Waals surface area contributed by atoms with E-state index in [-0.39, 0.29) is 0 Å². The predicted octanol–water partition coefficient (Wildman–Crippen LogP) is 4.05. The van der Waals surface area contributed by atoms with Crippen molar-refractivity contribution in [1.29, 1.82) is 0 Å². The van der Waals surface area contributed by atoms with Gasteiger partial charge in [-0.2, -0.15) is 0 Å². The molecule has 0 saturated heterocycles. The van der Waals surface area contributed by atoms with Gasteiger partial charge < -0.3 is 9.97 Å². The maximum absolute atomic E-state index is 4.68. The van der Waals surface area contributed by atoms with Crippen molar-refractivity contribution >= 4 is 16.5 Å². The predicted molar refractivity (Wildman–Crippen MR) is 102 cm³/mol. The molecule has 1 aliphatic carbocycles. The summed E-state index contributed by atoms with van der Waals surface area (Å²) in [5.74, 6) is 1.89. The van der Waals surface area contributed by atoms with Crippen LogP contribution in [-0.2, 0) is 6.42 Å². The van der Waals surface area contributed by atoms with Crippen LogP contribution < -0.4 is 0 Å². The highest BCUT2D eigenvalue weighted by molar-refractivity contribution is 5.98. The van der Waals surface area contributed by atoms with Crippen LogP contribution in [0.1, 0.15) is 48.3 Å². The molecule has 4 nitrogen and oxygen atoms in total. The number of benzene rings is 1. The largest absolute Gasteiger partial charge is 0.361 e. The highest BCUT2D eigenvalue weighted by atomic mass is 15.1. The number of rotatable bonds is 2. The summed E-state index contributed by atoms with van der Waals surface area (Å²) in [6, 6.07) is 7.07. The fourth-order valence-corrected chi connectivity index (χ4v) is 4.45. The molecule has 2 N–H and O–H groups in total. The molecular weight excluding hydrogens is 308 g/mol. The third-order valence-corrected chi connectivity index (χ3v) is 5.86. The van der Waals surface area contributed by atoms with Crippen LogP contribution in [0.25, 0.3) is 16.5 Å². The zero-order valence-electron chi connectivity index (χ0n) is 15.0. The van der Waals surface area contributed by atoms with E-state index >= 15 is 0 Å². The smallest absolute Gasteiger partial charge is 0.114 e. The van der Waals surface area contributed by atoms with Crippen molar-refractivity contribution in [3.05, 3.63) is 59.3 Å². The van der Waals surface area contributed by atoms with E-state index in [1.807, 2.05) is 6.20 Å². The molecule has 2 aromatic heterocycles. The van der Waals surface area contributed by atoms with E-state index in [0.717, 1.165) is 18.8 Å². The molecule has 2 unspecified atom stereocenters. The first kappa shape index (κ1) is 15.0. The number of likely N-dealkylation sites (N-methyl/N-ethyl adjacent to an activating group) is 1. The second-order valence-corrected chi connectivity index (χ2v) is 7.81. The summed E-state index contributed by atoms with van der Waals surface area (Å²) in [6.07, 6.45) is 7.72. The van der Waals surface area contributed by atoms with E-state index < -0.39 is 0 Å². The summed E-state index contributed by atoms with van der Waals surface area (Å²) in [5, 5.41) is 1.40. The minimum atomic E-state index is 0.319. The molecule has 0 spiro atoms. The SMILES string of the molecule is CC(C)c1cnc(C2C=C3c4cccc5[nH]cc(c45)CC3N(C)C2)[nH]1. The Balaban J connectivity index is 1.63. The zero-order valence-corrected chi connectivity index (χ0v) is 15.0. The molecule has 0 saturated carbocycles. The quantitative estimate of drug-likeness (QED) is 0.744. The normalized spacial score (nSPS) is 23.1. The molecule has 0 amide bonds. The Morgan fingerprint density at radius 2 is 2.16 bits per heavy atom. The zero-order chi connectivity index (χ0) is 17.1. The van der Waals surface area contributed by atoms with Crippen molar-refractivity contribution in [2.45, 2.75) is 38.1 Å². The van der Waals surface area contributed by atoms with Crippen LogP contribution in [0.4, 0.5) is 0 Å². The second kappa shape index (κ2) is 5.33. The molecule has 0 radical (unpaired) electrons. The number of aromatic nitrogens is 3. The lowest BCUT2D eigenvalue weighted by atomic mass is 9.80. The average molecular weight is 332 g/mol. The van der Waals surface area contributed by atoms with Crippen LogP contribution >= 0.6 is 0 Å². The Kier molecular flexibility index (Phi) is 3.19. The number of nitrogens with one attached hydrogen (secondary N) is 2. The summed E-state index contributed by atoms with van der Waals surface area (Å²) in [5.41, 5.74) is 6.75. The molecule has 0 fully saturated rings. The van der Waals surface area contributed by atoms with Crippen molar-refractivity contribution in [3.8, 4) is 0 Å². The molecular formula is C21H24N4. The number of fused-ring (bicyclic) bond motifs is 2. The van der Waals surface area contributed by atoms with E-state index in [9.17, 15) is 0 Å². The Labute approximate surface area is 148 Å². The van der Waals surface area contributed by atoms with Gasteiger partial charge in [0.05, 0.1) is 0 Å². The highest BCUT2D eigenvalue weighted by Gasteiger charge is 2.34. The van der Waals surface area contributed by atoms with Crippen molar-refractivity contribution in [2.75, 3.05) is 13.6 Å². The first-order valence-corrected chi connectivity index (χ1v) is 9.18. The molecule has 1 aliphatic heterocycles. The van der Waals surface area contributed by atoms with E-state index in [2.05, 4.69) is 71.2 Å². The molecule has 5 rings (SSSR count). The lowest BCUT2D eigenvalue weighted by Crippen LogP contribution is -2.42. The highest BCUT2D eigenvalue weighted by Crippen LogP contribution is 2.42. The molecule has 2 atom stereocenters. The molecule has 3 heterocycles. The maximum atomic E-state index is 4.68. The first-order valence-electron chi connectivity index (χ1n) is 9.18. The topological polar surface area (TPSA) is 47.7 Å². The minimum Gasteiger partial charge on any atom is -0.361 e. The molecule has 3 aromatic rings. The van der Waals surface area contributed by atoms with Gasteiger partial charge in [0.1, 0.15) is 5.82 Å². The van der Waals surface area contributed by atoms with E-state index in [4.69, 9.17) is 0 Å². The van der Waals surface area contributed by atoms with Crippen LogP contribution in [0.5, 0.6) is 0 Å². The van der Waals surface area contributed by atoms with Gasteiger partial charge in [0, 0.05) is 47.5 Å². The Morgan fingerprint density at radius 1 is 1.28 bits per heavy atom. The minimum absolute atomic E-state index is 0.319. The van der Waals surface area contributed by atoms with E-state index in [1.54, 1.807) is 0 Å². The average Bonchev–Trinajstić information content (AvgIpc) is 3.24. The number of H-pyrrole nitrogens is 2. The third kappa shape index (κ3) is 2.20. The van der Waals surface area contributed by atoms with Crippen LogP contribution in [0.15, 0.2) is 36.7 Å². The fourth-order valence-electron chi connectivity index (χ4n) is 4.45. The Hall–Kier alpha value is -2.33. The van der Waals surface area contributed by atoms with Crippen molar-refractivity contribution in [2.24, 2.45) is 0 Å². The Bertz CT molecular complexity index is 975. The number of aromatic amines is 2. The number of hydrogen-bond acceptors (Lipinski definition) is 2. The van der Waals surface area contributed by atoms with Crippen LogP contribution in [-0.4, -0.2) is 39.5 Å². The standard InChI is InChI=1S/C21H24N4/c1-12(2)18-10-23-21(24-18)14-7-16-15-5-4-6-17-20(15)13(9-22-17)8-19(16)25(3)11-14/h4-7,9-10,12,14,19,22H,8,11H2,1-3H3,(H,23,24). The lowest BCUT2D eigenvalue weighted by Gasteiger charge is -2.39. The van der Waals surface area contributed by atoms with E-state index in [0.29, 0.717) is 17.9 Å². The molecule has 4 heteroatoms. The summed E-state index contributed by atoms with van der Waals surface area (Å²) in [6.45, 7) is 5.41. The first-order chi connectivity index (χ1) is 12.1. The third-order valence-electron chi connectivity index (χ3n) is 5.86. The number of nitrogens with zero attached hydrogens (tertiary/aromatic N) is 2. The van der Waals surface area contributed by atoms with Gasteiger partial charge in [-0.1, -0.05) is 32.1 Å². The van der Waals surface area contributed by atoms with Crippen LogP contribution in [0.3, 0.4) is 0 Å². The number of hydrogen-bond donors (Lipinski definition) is 2. The molecule has 2 aliphatic rings. The summed E-state index contributed by atoms with van der Waals surface area (Å²) < 4.78 is 0. The fraction of sp³-hybridized carbons (Fsp3) is 0.381. The van der Waals surface area contributed by atoms with E-state index in [1.165, 1.54) is 33.3 Å². The number of imidazole rings is 1. The Morgan fingerprint density at radius 3 is 2.96 bits per heavy atom. The monoisotopic (exact) mass is 332 g/mol. The maximum Gasteiger partial charge on any atom is 0.114 e. The van der Waals surface area contributed by atoms with Gasteiger partial charge in [-0.25, -0.2) is 4.98 Å². The summed E-state index contributed by atoms with van der Waals surface area (Å²) in [7, 11) is 2.24. The molecule has 0 bridgehead atoms. The van der Waals surface area contributed by atoms with Gasteiger partial charge in [-0.3, -0.25) is 4.90 Å².